The molecule has 0 unspecified atom stereocenters. The van der Waals surface area contributed by atoms with Crippen molar-refractivity contribution in [2.45, 2.75) is 40.0 Å². The molecule has 1 aliphatic carbocycles. The highest BCUT2D eigenvalue weighted by Crippen LogP contribution is 2.40. The molecule has 0 saturated carbocycles. The van der Waals surface area contributed by atoms with Crippen molar-refractivity contribution in [1.82, 2.24) is 5.32 Å². The van der Waals surface area contributed by atoms with Gasteiger partial charge in [-0.1, -0.05) is 32.5 Å². The summed E-state index contributed by atoms with van der Waals surface area (Å²) >= 11 is 3.29. The van der Waals surface area contributed by atoms with Crippen molar-refractivity contribution >= 4 is 34.2 Å². The summed E-state index contributed by atoms with van der Waals surface area (Å²) in [4.78, 5) is 18.8. The van der Waals surface area contributed by atoms with Crippen LogP contribution in [0.5, 0.6) is 0 Å². The predicted molar refractivity (Wildman–Crippen MR) is 91.5 cm³/mol. The van der Waals surface area contributed by atoms with Gasteiger partial charge in [0.15, 0.2) is 5.17 Å². The van der Waals surface area contributed by atoms with Crippen LogP contribution in [0.25, 0.3) is 0 Å². The number of hydrogen-bond donors (Lipinski definition) is 1. The van der Waals surface area contributed by atoms with E-state index in [4.69, 9.17) is 0 Å². The van der Waals surface area contributed by atoms with E-state index < -0.39 is 0 Å². The first-order valence-corrected chi connectivity index (χ1v) is 9.34. The average Bonchev–Trinajstić information content (AvgIpc) is 3.04. The molecule has 1 aliphatic heterocycles. The lowest BCUT2D eigenvalue weighted by Gasteiger charge is -2.33. The number of amidine groups is 1. The minimum Gasteiger partial charge on any atom is -0.301 e. The second kappa shape index (κ2) is 5.76. The van der Waals surface area contributed by atoms with Crippen LogP contribution in [0.15, 0.2) is 11.1 Å². The fourth-order valence-corrected chi connectivity index (χ4v) is 4.77. The summed E-state index contributed by atoms with van der Waals surface area (Å²) in [7, 11) is 0. The van der Waals surface area contributed by atoms with Crippen molar-refractivity contribution in [2.24, 2.45) is 16.3 Å². The maximum Gasteiger partial charge on any atom is 0.267 e. The van der Waals surface area contributed by atoms with Crippen LogP contribution in [0.3, 0.4) is 0 Å². The Bertz CT molecular complexity index is 584. The highest BCUT2D eigenvalue weighted by Gasteiger charge is 2.30. The highest BCUT2D eigenvalue weighted by atomic mass is 32.2. The van der Waals surface area contributed by atoms with Crippen LogP contribution in [-0.4, -0.2) is 23.4 Å². The molecular weight excluding hydrogens is 300 g/mol. The van der Waals surface area contributed by atoms with Crippen LogP contribution >= 0.6 is 23.1 Å². The van der Waals surface area contributed by atoms with Gasteiger partial charge in [-0.3, -0.25) is 9.79 Å². The van der Waals surface area contributed by atoms with Crippen molar-refractivity contribution in [2.75, 3.05) is 12.3 Å². The summed E-state index contributed by atoms with van der Waals surface area (Å²) in [5.74, 6) is 1.70. The number of carbonyl (C=O) groups is 1. The van der Waals surface area contributed by atoms with Crippen LogP contribution in [-0.2, 0) is 12.8 Å². The number of hydrogen-bond acceptors (Lipinski definition) is 4. The Labute approximate surface area is 134 Å². The number of carbonyl (C=O) groups excluding carboxylic acids is 1. The summed E-state index contributed by atoms with van der Waals surface area (Å²) in [5.41, 5.74) is 1.73. The summed E-state index contributed by atoms with van der Waals surface area (Å²) in [6.45, 7) is 7.77. The number of fused-ring (bicyclic) bond motifs is 1. The highest BCUT2D eigenvalue weighted by molar-refractivity contribution is 8.14. The number of nitrogens with zero attached hydrogens (tertiary/aromatic N) is 1. The topological polar surface area (TPSA) is 41.5 Å². The van der Waals surface area contributed by atoms with Crippen molar-refractivity contribution in [3.8, 4) is 0 Å². The van der Waals surface area contributed by atoms with Crippen molar-refractivity contribution in [3.05, 3.63) is 21.4 Å². The first kappa shape index (κ1) is 15.1. The van der Waals surface area contributed by atoms with Gasteiger partial charge in [0.25, 0.3) is 5.91 Å². The second-order valence-electron chi connectivity index (χ2n) is 6.85. The Kier molecular flexibility index (Phi) is 4.14. The van der Waals surface area contributed by atoms with Gasteiger partial charge >= 0.3 is 0 Å². The van der Waals surface area contributed by atoms with Crippen LogP contribution in [0, 0.1) is 11.3 Å². The number of aryl methyl sites for hydroxylation is 1. The van der Waals surface area contributed by atoms with Gasteiger partial charge in [0.1, 0.15) is 0 Å². The van der Waals surface area contributed by atoms with E-state index in [1.54, 1.807) is 23.1 Å². The minimum atomic E-state index is 0.00913. The maximum absolute atomic E-state index is 12.3. The lowest BCUT2D eigenvalue weighted by molar-refractivity contribution is 0.0982. The van der Waals surface area contributed by atoms with Crippen molar-refractivity contribution in [1.29, 1.82) is 0 Å². The molecule has 0 fully saturated rings. The smallest absolute Gasteiger partial charge is 0.267 e. The van der Waals surface area contributed by atoms with Crippen LogP contribution in [0.1, 0.15) is 47.3 Å². The fraction of sp³-hybridized carbons (Fsp3) is 0.625. The van der Waals surface area contributed by atoms with Gasteiger partial charge < -0.3 is 5.32 Å². The number of nitrogens with one attached hydrogen (secondary N) is 1. The predicted octanol–water partition coefficient (Wildman–Crippen LogP) is 3.73. The first-order chi connectivity index (χ1) is 9.93. The molecule has 0 aromatic carbocycles. The number of amides is 1. The van der Waals surface area contributed by atoms with Crippen LogP contribution < -0.4 is 5.32 Å². The zero-order chi connectivity index (χ0) is 15.0. The third-order valence-corrected chi connectivity index (χ3v) is 6.46. The average molecular weight is 322 g/mol. The lowest BCUT2D eigenvalue weighted by Crippen LogP contribution is -2.26. The molecule has 1 N–H and O–H groups in total. The zero-order valence-corrected chi connectivity index (χ0v) is 14.5. The van der Waals surface area contributed by atoms with E-state index in [1.165, 1.54) is 16.9 Å². The molecule has 3 rings (SSSR count). The Balaban J connectivity index is 1.72. The molecule has 0 bridgehead atoms. The van der Waals surface area contributed by atoms with E-state index in [9.17, 15) is 4.79 Å². The first-order valence-electron chi connectivity index (χ1n) is 7.53. The molecule has 1 atom stereocenters. The van der Waals surface area contributed by atoms with Gasteiger partial charge in [-0.05, 0) is 42.2 Å². The summed E-state index contributed by atoms with van der Waals surface area (Å²) in [5, 5.41) is 3.71. The standard InChI is InChI=1S/C16H22N2OS2/c1-16(2,3)11-4-5-12-10(8-11)9-13(21-12)14(19)18-15-17-6-7-20-15/h9,11H,4-8H2,1-3H3,(H,17,18,19)/t11-/m0/s1. The van der Waals surface area contributed by atoms with Gasteiger partial charge in [-0.2, -0.15) is 0 Å². The molecular formula is C16H22N2OS2. The quantitative estimate of drug-likeness (QED) is 0.856. The Hall–Kier alpha value is -0.810. The molecule has 2 heterocycles. The monoisotopic (exact) mass is 322 g/mol. The van der Waals surface area contributed by atoms with E-state index in [0.29, 0.717) is 11.3 Å². The zero-order valence-electron chi connectivity index (χ0n) is 12.9. The Morgan fingerprint density at radius 2 is 2.24 bits per heavy atom. The molecule has 0 spiro atoms. The van der Waals surface area contributed by atoms with Gasteiger partial charge in [-0.15, -0.1) is 11.3 Å². The molecule has 0 radical (unpaired) electrons. The van der Waals surface area contributed by atoms with E-state index in [-0.39, 0.29) is 5.91 Å². The van der Waals surface area contributed by atoms with Crippen LogP contribution in [0.2, 0.25) is 0 Å². The number of thiophene rings is 1. The molecule has 1 aromatic rings. The molecule has 21 heavy (non-hydrogen) atoms. The number of rotatable bonds is 1. The Morgan fingerprint density at radius 1 is 1.43 bits per heavy atom. The molecule has 114 valence electrons. The summed E-state index contributed by atoms with van der Waals surface area (Å²) < 4.78 is 0. The number of thioether (sulfide) groups is 1. The molecule has 2 aliphatic rings. The van der Waals surface area contributed by atoms with Crippen molar-refractivity contribution < 1.29 is 4.79 Å². The number of aliphatic imine (C=N–C) groups is 1. The third-order valence-electron chi connectivity index (χ3n) is 4.34. The van der Waals surface area contributed by atoms with Gasteiger partial charge in [0.05, 0.1) is 11.4 Å². The molecule has 0 saturated heterocycles. The second-order valence-corrected chi connectivity index (χ2v) is 9.07. The molecule has 1 amide bonds. The van der Waals surface area contributed by atoms with E-state index >= 15 is 0 Å². The van der Waals surface area contributed by atoms with Gasteiger partial charge in [0, 0.05) is 10.6 Å². The molecule has 5 heteroatoms. The van der Waals surface area contributed by atoms with E-state index in [2.05, 4.69) is 37.1 Å². The third kappa shape index (κ3) is 3.34. The summed E-state index contributed by atoms with van der Waals surface area (Å²) in [6, 6.07) is 2.10. The SMILES string of the molecule is CC(C)(C)[C@H]1CCc2sc(C(=O)NC3=NCCS3)cc2C1. The van der Waals surface area contributed by atoms with E-state index in [1.807, 2.05) is 0 Å². The minimum absolute atomic E-state index is 0.00913. The molecule has 3 nitrogen and oxygen atoms in total. The lowest BCUT2D eigenvalue weighted by atomic mass is 9.72. The Morgan fingerprint density at radius 3 is 2.90 bits per heavy atom. The van der Waals surface area contributed by atoms with Crippen LogP contribution in [0.4, 0.5) is 0 Å². The molecule has 1 aromatic heterocycles. The van der Waals surface area contributed by atoms with Crippen molar-refractivity contribution in [3.63, 3.8) is 0 Å². The fourth-order valence-electron chi connectivity index (χ4n) is 2.94. The van der Waals surface area contributed by atoms with Gasteiger partial charge in [-0.25, -0.2) is 0 Å². The summed E-state index contributed by atoms with van der Waals surface area (Å²) in [6.07, 6.45) is 3.46. The normalized spacial score (nSPS) is 21.9. The largest absolute Gasteiger partial charge is 0.301 e. The maximum atomic E-state index is 12.3. The van der Waals surface area contributed by atoms with Gasteiger partial charge in [0.2, 0.25) is 0 Å². The van der Waals surface area contributed by atoms with E-state index in [0.717, 1.165) is 35.2 Å².